The van der Waals surface area contributed by atoms with E-state index in [1.807, 2.05) is 0 Å². The van der Waals surface area contributed by atoms with E-state index in [0.29, 0.717) is 17.7 Å². The fraction of sp³-hybridized carbons (Fsp3) is 0.700. The van der Waals surface area contributed by atoms with Gasteiger partial charge in [0.15, 0.2) is 23.8 Å². The number of nitrogen functional groups attached to an aromatic ring is 1. The number of rotatable bonds is 11. The number of fused-ring (bicyclic) bond motifs is 1. The fourth-order valence-electron chi connectivity index (χ4n) is 3.73. The van der Waals surface area contributed by atoms with E-state index >= 15 is 0 Å². The fourth-order valence-corrected chi connectivity index (χ4v) is 3.73. The monoisotopic (exact) mass is 420 g/mol. The predicted octanol–water partition coefficient (Wildman–Crippen LogP) is 1.28. The van der Waals surface area contributed by atoms with Gasteiger partial charge < -0.3 is 26.0 Å². The molecular weight excluding hydrogens is 388 g/mol. The molecule has 1 amide bonds. The molecule has 10 nitrogen and oxygen atoms in total. The van der Waals surface area contributed by atoms with Gasteiger partial charge in [-0.1, -0.05) is 51.9 Å². The Bertz CT molecular complexity index is 829. The Morgan fingerprint density at radius 2 is 1.80 bits per heavy atom. The first-order chi connectivity index (χ1) is 14.5. The Morgan fingerprint density at radius 1 is 1.10 bits per heavy atom. The summed E-state index contributed by atoms with van der Waals surface area (Å²) in [7, 11) is 0. The maximum Gasteiger partial charge on any atom is 0.252 e. The van der Waals surface area contributed by atoms with Gasteiger partial charge in [-0.15, -0.1) is 0 Å². The van der Waals surface area contributed by atoms with Crippen LogP contribution in [-0.2, 0) is 9.53 Å². The summed E-state index contributed by atoms with van der Waals surface area (Å²) in [6.07, 6.45) is 7.23. The van der Waals surface area contributed by atoms with E-state index in [0.717, 1.165) is 19.3 Å². The second-order valence-electron chi connectivity index (χ2n) is 7.78. The van der Waals surface area contributed by atoms with Crippen LogP contribution < -0.4 is 11.1 Å². The molecule has 1 saturated heterocycles. The Labute approximate surface area is 175 Å². The van der Waals surface area contributed by atoms with Crippen molar-refractivity contribution >= 4 is 22.9 Å². The highest BCUT2D eigenvalue weighted by atomic mass is 16.6. The van der Waals surface area contributed by atoms with Crippen molar-refractivity contribution in [2.24, 2.45) is 0 Å². The Morgan fingerprint density at radius 3 is 2.53 bits per heavy atom. The van der Waals surface area contributed by atoms with Crippen LogP contribution in [0.1, 0.15) is 64.5 Å². The first kappa shape index (κ1) is 22.4. The average molecular weight is 421 g/mol. The van der Waals surface area contributed by atoms with Crippen molar-refractivity contribution in [1.82, 2.24) is 24.8 Å². The van der Waals surface area contributed by atoms with Gasteiger partial charge in [0.05, 0.1) is 6.33 Å². The highest BCUT2D eigenvalue weighted by molar-refractivity contribution is 5.82. The summed E-state index contributed by atoms with van der Waals surface area (Å²) < 4.78 is 7.13. The van der Waals surface area contributed by atoms with Crippen LogP contribution >= 0.6 is 0 Å². The summed E-state index contributed by atoms with van der Waals surface area (Å²) in [5.74, 6) is -0.239. The van der Waals surface area contributed by atoms with Crippen molar-refractivity contribution in [2.45, 2.75) is 82.8 Å². The SMILES string of the molecule is CCCCCCCCCCNC(=O)[C@H]1O[C@@H](n2cnc3c(N)ncnc32)[C@H](O)[C@@H]1O. The number of nitrogens with zero attached hydrogens (tertiary/aromatic N) is 4. The highest BCUT2D eigenvalue weighted by Crippen LogP contribution is 2.32. The van der Waals surface area contributed by atoms with Crippen LogP contribution in [0.5, 0.6) is 0 Å². The van der Waals surface area contributed by atoms with Gasteiger partial charge in [0.25, 0.3) is 5.91 Å². The number of aliphatic hydroxyl groups is 2. The van der Waals surface area contributed by atoms with E-state index in [9.17, 15) is 15.0 Å². The number of hydrogen-bond donors (Lipinski definition) is 4. The van der Waals surface area contributed by atoms with Gasteiger partial charge >= 0.3 is 0 Å². The lowest BCUT2D eigenvalue weighted by atomic mass is 10.1. The molecule has 1 fully saturated rings. The van der Waals surface area contributed by atoms with Crippen LogP contribution in [0.15, 0.2) is 12.7 Å². The van der Waals surface area contributed by atoms with Crippen molar-refractivity contribution in [3.63, 3.8) is 0 Å². The van der Waals surface area contributed by atoms with Crippen molar-refractivity contribution in [3.8, 4) is 0 Å². The molecule has 0 radical (unpaired) electrons. The van der Waals surface area contributed by atoms with E-state index < -0.39 is 30.4 Å². The summed E-state index contributed by atoms with van der Waals surface area (Å²) in [5.41, 5.74) is 6.51. The van der Waals surface area contributed by atoms with Crippen LogP contribution in [0, 0.1) is 0 Å². The summed E-state index contributed by atoms with van der Waals surface area (Å²) in [4.78, 5) is 24.6. The van der Waals surface area contributed by atoms with Gasteiger partial charge in [0, 0.05) is 6.54 Å². The second kappa shape index (κ2) is 10.6. The van der Waals surface area contributed by atoms with E-state index in [2.05, 4.69) is 27.2 Å². The molecule has 0 bridgehead atoms. The van der Waals surface area contributed by atoms with Gasteiger partial charge in [0.2, 0.25) is 0 Å². The third-order valence-corrected chi connectivity index (χ3v) is 5.49. The molecule has 2 aromatic heterocycles. The van der Waals surface area contributed by atoms with Crippen molar-refractivity contribution in [2.75, 3.05) is 12.3 Å². The van der Waals surface area contributed by atoms with Crippen LogP contribution in [-0.4, -0.2) is 60.5 Å². The molecule has 1 aliphatic heterocycles. The molecule has 4 atom stereocenters. The molecule has 2 aromatic rings. The lowest BCUT2D eigenvalue weighted by molar-refractivity contribution is -0.137. The smallest absolute Gasteiger partial charge is 0.252 e. The first-order valence-electron chi connectivity index (χ1n) is 10.8. The number of aliphatic hydroxyl groups excluding tert-OH is 2. The predicted molar refractivity (Wildman–Crippen MR) is 111 cm³/mol. The molecule has 166 valence electrons. The highest BCUT2D eigenvalue weighted by Gasteiger charge is 2.47. The Hall–Kier alpha value is -2.30. The molecule has 1 aliphatic rings. The molecule has 30 heavy (non-hydrogen) atoms. The number of carbonyl (C=O) groups is 1. The average Bonchev–Trinajstić information content (AvgIpc) is 3.29. The number of ether oxygens (including phenoxy) is 1. The van der Waals surface area contributed by atoms with Crippen LogP contribution in [0.4, 0.5) is 5.82 Å². The molecule has 3 rings (SSSR count). The minimum Gasteiger partial charge on any atom is -0.387 e. The minimum atomic E-state index is -1.36. The molecule has 10 heteroatoms. The molecule has 5 N–H and O–H groups in total. The quantitative estimate of drug-likeness (QED) is 0.397. The summed E-state index contributed by atoms with van der Waals surface area (Å²) in [5, 5.41) is 23.6. The maximum absolute atomic E-state index is 12.5. The van der Waals surface area contributed by atoms with Gasteiger partial charge in [-0.05, 0) is 6.42 Å². The Kier molecular flexibility index (Phi) is 7.94. The summed E-state index contributed by atoms with van der Waals surface area (Å²) >= 11 is 0. The number of amides is 1. The third-order valence-electron chi connectivity index (χ3n) is 5.49. The maximum atomic E-state index is 12.5. The van der Waals surface area contributed by atoms with E-state index in [1.165, 1.54) is 49.3 Å². The number of hydrogen-bond acceptors (Lipinski definition) is 8. The van der Waals surface area contributed by atoms with E-state index in [4.69, 9.17) is 10.5 Å². The molecule has 0 aliphatic carbocycles. The zero-order valence-corrected chi connectivity index (χ0v) is 17.4. The normalized spacial score (nSPS) is 23.8. The molecule has 0 spiro atoms. The Balaban J connectivity index is 1.48. The van der Waals surface area contributed by atoms with Crippen LogP contribution in [0.2, 0.25) is 0 Å². The van der Waals surface area contributed by atoms with Gasteiger partial charge in [-0.2, -0.15) is 0 Å². The van der Waals surface area contributed by atoms with Crippen molar-refractivity contribution < 1.29 is 19.7 Å². The van der Waals surface area contributed by atoms with Crippen LogP contribution in [0.3, 0.4) is 0 Å². The lowest BCUT2D eigenvalue weighted by Gasteiger charge is -2.16. The summed E-state index contributed by atoms with van der Waals surface area (Å²) in [6, 6.07) is 0. The summed E-state index contributed by atoms with van der Waals surface area (Å²) in [6.45, 7) is 2.72. The number of unbranched alkanes of at least 4 members (excludes halogenated alkanes) is 7. The molecule has 0 unspecified atom stereocenters. The topological polar surface area (TPSA) is 148 Å². The van der Waals surface area contributed by atoms with E-state index in [-0.39, 0.29) is 5.82 Å². The zero-order chi connectivity index (χ0) is 21.5. The van der Waals surface area contributed by atoms with E-state index in [1.54, 1.807) is 0 Å². The number of carbonyl (C=O) groups excluding carboxylic acids is 1. The number of aromatic nitrogens is 4. The standard InChI is InChI=1S/C20H32N6O4/c1-2-3-4-5-6-7-8-9-10-22-19(29)16-14(27)15(28)20(30-16)26-12-25-13-17(21)23-11-24-18(13)26/h11-12,14-16,20,27-28H,2-10H2,1H3,(H,22,29)(H2,21,23,24)/t14-,15+,16-,20+/m0/s1. The third kappa shape index (κ3) is 5.05. The molecule has 0 aromatic carbocycles. The van der Waals surface area contributed by atoms with Gasteiger partial charge in [-0.3, -0.25) is 9.36 Å². The number of imidazole rings is 1. The molecule has 0 saturated carbocycles. The molecule has 3 heterocycles. The largest absolute Gasteiger partial charge is 0.387 e. The zero-order valence-electron chi connectivity index (χ0n) is 17.4. The van der Waals surface area contributed by atoms with Gasteiger partial charge in [0.1, 0.15) is 24.1 Å². The van der Waals surface area contributed by atoms with Crippen LogP contribution in [0.25, 0.3) is 11.2 Å². The van der Waals surface area contributed by atoms with Crippen molar-refractivity contribution in [1.29, 1.82) is 0 Å². The number of nitrogens with one attached hydrogen (secondary N) is 1. The van der Waals surface area contributed by atoms with Gasteiger partial charge in [-0.25, -0.2) is 15.0 Å². The molecular formula is C20H32N6O4. The van der Waals surface area contributed by atoms with Crippen molar-refractivity contribution in [3.05, 3.63) is 12.7 Å². The number of anilines is 1. The number of nitrogens with two attached hydrogens (primary N) is 1. The lowest BCUT2D eigenvalue weighted by Crippen LogP contribution is -2.43. The second-order valence-corrected chi connectivity index (χ2v) is 7.78. The minimum absolute atomic E-state index is 0.200. The first-order valence-corrected chi connectivity index (χ1v) is 10.8.